The zero-order valence-electron chi connectivity index (χ0n) is 6.78. The van der Waals surface area contributed by atoms with Crippen LogP contribution < -0.4 is 4.52 Å². The normalized spacial score (nSPS) is 12.5. The molecule has 0 spiro atoms. The molecule has 12 heavy (non-hydrogen) atoms. The molecule has 0 amide bonds. The van der Waals surface area contributed by atoms with Crippen LogP contribution in [-0.4, -0.2) is 4.89 Å². The van der Waals surface area contributed by atoms with Crippen LogP contribution >= 0.6 is 8.25 Å². The molecule has 1 aromatic carbocycles. The van der Waals surface area contributed by atoms with E-state index < -0.39 is 8.25 Å². The lowest BCUT2D eigenvalue weighted by molar-refractivity contribution is 0.409. The molecule has 0 aliphatic heterocycles. The molecule has 0 heterocycles. The van der Waals surface area contributed by atoms with E-state index in [1.807, 2.05) is 19.1 Å². The molecule has 1 aromatic rings. The number of para-hydroxylation sites is 1. The molecule has 3 nitrogen and oxygen atoms in total. The number of aryl methyl sites for hydroxylation is 1. The van der Waals surface area contributed by atoms with E-state index in [-0.39, 0.29) is 0 Å². The van der Waals surface area contributed by atoms with Crippen molar-refractivity contribution in [1.82, 2.24) is 0 Å². The molecule has 0 aliphatic carbocycles. The Bertz CT molecular complexity index is 285. The smallest absolute Gasteiger partial charge is 0.365 e. The third kappa shape index (κ3) is 2.36. The Labute approximate surface area is 71.9 Å². The van der Waals surface area contributed by atoms with Crippen LogP contribution in [-0.2, 0) is 11.0 Å². The van der Waals surface area contributed by atoms with Gasteiger partial charge in [-0.1, -0.05) is 25.1 Å². The molecular formula is C8H11O3P. The SMILES string of the molecule is CCc1ccccc1O[PH](=O)O. The zero-order valence-corrected chi connectivity index (χ0v) is 7.78. The van der Waals surface area contributed by atoms with Gasteiger partial charge in [0.1, 0.15) is 5.75 Å². The number of hydrogen-bond donors (Lipinski definition) is 1. The van der Waals surface area contributed by atoms with Crippen LogP contribution in [0.25, 0.3) is 0 Å². The Hall–Kier alpha value is -0.790. The Morgan fingerprint density at radius 1 is 1.50 bits per heavy atom. The molecule has 0 bridgehead atoms. The molecular weight excluding hydrogens is 175 g/mol. The van der Waals surface area contributed by atoms with Gasteiger partial charge in [-0.15, -0.1) is 0 Å². The highest BCUT2D eigenvalue weighted by Crippen LogP contribution is 2.26. The lowest BCUT2D eigenvalue weighted by Gasteiger charge is -2.05. The van der Waals surface area contributed by atoms with E-state index in [9.17, 15) is 4.57 Å². The lowest BCUT2D eigenvalue weighted by atomic mass is 10.1. The third-order valence-corrected chi connectivity index (χ3v) is 1.95. The minimum absolute atomic E-state index is 0.506. The van der Waals surface area contributed by atoms with Gasteiger partial charge in [0, 0.05) is 0 Å². The van der Waals surface area contributed by atoms with Crippen molar-refractivity contribution in [1.29, 1.82) is 0 Å². The Balaban J connectivity index is 2.89. The maximum Gasteiger partial charge on any atom is 0.365 e. The minimum atomic E-state index is -2.87. The third-order valence-electron chi connectivity index (χ3n) is 1.55. The van der Waals surface area contributed by atoms with Crippen molar-refractivity contribution in [3.8, 4) is 5.75 Å². The first-order valence-corrected chi connectivity index (χ1v) is 4.99. The molecule has 0 saturated heterocycles. The average molecular weight is 186 g/mol. The highest BCUT2D eigenvalue weighted by Gasteiger charge is 2.01. The van der Waals surface area contributed by atoms with Crippen molar-refractivity contribution in [2.24, 2.45) is 0 Å². The van der Waals surface area contributed by atoms with Crippen molar-refractivity contribution >= 4 is 8.25 Å². The summed E-state index contributed by atoms with van der Waals surface area (Å²) in [5.41, 5.74) is 0.949. The van der Waals surface area contributed by atoms with Crippen molar-refractivity contribution < 1.29 is 14.0 Å². The van der Waals surface area contributed by atoms with Gasteiger partial charge < -0.3 is 9.42 Å². The fourth-order valence-electron chi connectivity index (χ4n) is 0.990. The molecule has 0 saturated carbocycles. The van der Waals surface area contributed by atoms with Crippen LogP contribution in [0.15, 0.2) is 24.3 Å². The van der Waals surface area contributed by atoms with Crippen molar-refractivity contribution in [3.05, 3.63) is 29.8 Å². The van der Waals surface area contributed by atoms with Gasteiger partial charge in [0.2, 0.25) is 0 Å². The molecule has 1 atom stereocenters. The molecule has 1 unspecified atom stereocenters. The average Bonchev–Trinajstić information content (AvgIpc) is 2.04. The number of rotatable bonds is 3. The van der Waals surface area contributed by atoms with Gasteiger partial charge in [0.05, 0.1) is 0 Å². The Morgan fingerprint density at radius 3 is 2.75 bits per heavy atom. The Morgan fingerprint density at radius 2 is 2.17 bits per heavy atom. The van der Waals surface area contributed by atoms with E-state index in [0.717, 1.165) is 12.0 Å². The first-order chi connectivity index (χ1) is 5.74. The first kappa shape index (κ1) is 9.30. The van der Waals surface area contributed by atoms with Gasteiger partial charge in [-0.05, 0) is 18.1 Å². The second-order valence-electron chi connectivity index (χ2n) is 2.33. The Kier molecular flexibility index (Phi) is 3.32. The summed E-state index contributed by atoms with van der Waals surface area (Å²) in [5, 5.41) is 0. The molecule has 1 rings (SSSR count). The largest absolute Gasteiger partial charge is 0.426 e. The maximum absolute atomic E-state index is 10.4. The van der Waals surface area contributed by atoms with Gasteiger partial charge in [-0.25, -0.2) is 4.57 Å². The summed E-state index contributed by atoms with van der Waals surface area (Å²) in [5.74, 6) is 0.506. The topological polar surface area (TPSA) is 46.5 Å². The molecule has 4 heteroatoms. The van der Waals surface area contributed by atoms with E-state index >= 15 is 0 Å². The highest BCUT2D eigenvalue weighted by atomic mass is 31.1. The van der Waals surface area contributed by atoms with Crippen molar-refractivity contribution in [2.75, 3.05) is 0 Å². The molecule has 0 radical (unpaired) electrons. The summed E-state index contributed by atoms with van der Waals surface area (Å²) in [6.07, 6.45) is 0.797. The molecule has 0 aromatic heterocycles. The lowest BCUT2D eigenvalue weighted by Crippen LogP contribution is -1.87. The van der Waals surface area contributed by atoms with Crippen LogP contribution in [0, 0.1) is 0 Å². The van der Waals surface area contributed by atoms with Gasteiger partial charge in [0.25, 0.3) is 0 Å². The summed E-state index contributed by atoms with van der Waals surface area (Å²) >= 11 is 0. The first-order valence-electron chi connectivity index (χ1n) is 3.72. The quantitative estimate of drug-likeness (QED) is 0.734. The molecule has 0 aliphatic rings. The van der Waals surface area contributed by atoms with Gasteiger partial charge in [-0.2, -0.15) is 0 Å². The van der Waals surface area contributed by atoms with Crippen LogP contribution in [0.5, 0.6) is 5.75 Å². The minimum Gasteiger partial charge on any atom is -0.426 e. The van der Waals surface area contributed by atoms with Crippen LogP contribution in [0.3, 0.4) is 0 Å². The summed E-state index contributed by atoms with van der Waals surface area (Å²) in [7, 11) is -2.87. The van der Waals surface area contributed by atoms with E-state index in [4.69, 9.17) is 9.42 Å². The number of benzene rings is 1. The van der Waals surface area contributed by atoms with Gasteiger partial charge in [-0.3, -0.25) is 0 Å². The summed E-state index contributed by atoms with van der Waals surface area (Å²) in [4.78, 5) is 8.55. The van der Waals surface area contributed by atoms with Gasteiger partial charge in [0.15, 0.2) is 0 Å². The predicted octanol–water partition coefficient (Wildman–Crippen LogP) is 2.01. The van der Waals surface area contributed by atoms with E-state index in [1.54, 1.807) is 12.1 Å². The van der Waals surface area contributed by atoms with Crippen molar-refractivity contribution in [2.45, 2.75) is 13.3 Å². The second-order valence-corrected chi connectivity index (χ2v) is 3.07. The zero-order chi connectivity index (χ0) is 8.97. The number of hydrogen-bond acceptors (Lipinski definition) is 2. The van der Waals surface area contributed by atoms with Crippen LogP contribution in [0.4, 0.5) is 0 Å². The van der Waals surface area contributed by atoms with Crippen LogP contribution in [0.2, 0.25) is 0 Å². The standard InChI is InChI=1S/C8H11O3P/c1-2-7-5-3-4-6-8(7)11-12(9)10/h3-6,12H,2H2,1H3,(H,9,10). The second kappa shape index (κ2) is 4.29. The summed E-state index contributed by atoms with van der Waals surface area (Å²) < 4.78 is 15.1. The van der Waals surface area contributed by atoms with Crippen LogP contribution in [0.1, 0.15) is 12.5 Å². The molecule has 1 N–H and O–H groups in total. The monoisotopic (exact) mass is 186 g/mol. The van der Waals surface area contributed by atoms with E-state index in [1.165, 1.54) is 0 Å². The highest BCUT2D eigenvalue weighted by molar-refractivity contribution is 7.32. The summed E-state index contributed by atoms with van der Waals surface area (Å²) in [6, 6.07) is 7.22. The van der Waals surface area contributed by atoms with E-state index in [0.29, 0.717) is 5.75 Å². The fourth-order valence-corrected chi connectivity index (χ4v) is 1.38. The summed E-state index contributed by atoms with van der Waals surface area (Å²) in [6.45, 7) is 1.97. The predicted molar refractivity (Wildman–Crippen MR) is 47.7 cm³/mol. The molecule has 0 fully saturated rings. The maximum atomic E-state index is 10.4. The van der Waals surface area contributed by atoms with Crippen molar-refractivity contribution in [3.63, 3.8) is 0 Å². The van der Waals surface area contributed by atoms with E-state index in [2.05, 4.69) is 0 Å². The van der Waals surface area contributed by atoms with Gasteiger partial charge >= 0.3 is 8.25 Å². The fraction of sp³-hybridized carbons (Fsp3) is 0.250. The molecule has 66 valence electrons.